The molecule has 0 saturated carbocycles. The Morgan fingerprint density at radius 3 is 2.52 bits per heavy atom. The molecular formula is C16H19F3N4O5S. The van der Waals surface area contributed by atoms with Crippen molar-refractivity contribution in [1.82, 2.24) is 18.8 Å². The first-order valence-electron chi connectivity index (χ1n) is 8.18. The molecule has 0 amide bonds. The summed E-state index contributed by atoms with van der Waals surface area (Å²) in [6.45, 7) is 1.24. The number of carboxylic acids is 1. The number of imidazole rings is 1. The van der Waals surface area contributed by atoms with Gasteiger partial charge in [-0.2, -0.15) is 17.5 Å². The molecule has 2 aromatic heterocycles. The molecule has 2 aromatic rings. The Hall–Kier alpha value is -2.51. The third kappa shape index (κ3) is 5.52. The number of halogens is 3. The highest BCUT2D eigenvalue weighted by Crippen LogP contribution is 2.26. The summed E-state index contributed by atoms with van der Waals surface area (Å²) in [5.41, 5.74) is 3.10. The zero-order valence-electron chi connectivity index (χ0n) is 15.5. The average Bonchev–Trinajstić information content (AvgIpc) is 3.09. The highest BCUT2D eigenvalue weighted by Gasteiger charge is 2.38. The molecule has 13 heteroatoms. The molecule has 0 saturated heterocycles. The van der Waals surface area contributed by atoms with Gasteiger partial charge in [-0.3, -0.25) is 4.98 Å². The van der Waals surface area contributed by atoms with Crippen LogP contribution in [0.5, 0.6) is 0 Å². The summed E-state index contributed by atoms with van der Waals surface area (Å²) in [6.07, 6.45) is 2.09. The average molecular weight is 436 g/mol. The van der Waals surface area contributed by atoms with Gasteiger partial charge in [-0.25, -0.2) is 18.2 Å². The van der Waals surface area contributed by atoms with Gasteiger partial charge >= 0.3 is 12.1 Å². The van der Waals surface area contributed by atoms with Crippen LogP contribution in [-0.2, 0) is 46.2 Å². The number of alkyl halides is 3. The fourth-order valence-electron chi connectivity index (χ4n) is 2.68. The van der Waals surface area contributed by atoms with Crippen LogP contribution in [0, 0.1) is 0 Å². The number of aliphatic carboxylic acids is 1. The van der Waals surface area contributed by atoms with Gasteiger partial charge in [0.15, 0.2) is 5.03 Å². The van der Waals surface area contributed by atoms with Crippen LogP contribution in [0.2, 0.25) is 0 Å². The summed E-state index contributed by atoms with van der Waals surface area (Å²) >= 11 is 0. The smallest absolute Gasteiger partial charge is 0.475 e. The van der Waals surface area contributed by atoms with Crippen LogP contribution in [0.15, 0.2) is 29.9 Å². The maximum atomic E-state index is 12.6. The first kappa shape index (κ1) is 22.8. The first-order chi connectivity index (χ1) is 13.5. The minimum atomic E-state index is -5.08. The van der Waals surface area contributed by atoms with Crippen LogP contribution < -0.4 is 0 Å². The monoisotopic (exact) mass is 436 g/mol. The third-order valence-corrected chi connectivity index (χ3v) is 5.75. The lowest BCUT2D eigenvalue weighted by molar-refractivity contribution is -0.192. The molecule has 0 spiro atoms. The number of methoxy groups -OCH3 is 1. The molecule has 0 fully saturated rings. The lowest BCUT2D eigenvalue weighted by Gasteiger charge is -2.28. The van der Waals surface area contributed by atoms with E-state index < -0.39 is 22.2 Å². The van der Waals surface area contributed by atoms with Gasteiger partial charge in [0.1, 0.15) is 0 Å². The molecule has 3 heterocycles. The van der Waals surface area contributed by atoms with E-state index in [0.29, 0.717) is 26.1 Å². The highest BCUT2D eigenvalue weighted by atomic mass is 32.2. The number of carbonyl (C=O) groups is 1. The fraction of sp³-hybridized carbons (Fsp3) is 0.438. The van der Waals surface area contributed by atoms with Crippen molar-refractivity contribution in [2.75, 3.05) is 13.7 Å². The second-order valence-electron chi connectivity index (χ2n) is 6.14. The predicted octanol–water partition coefficient (Wildman–Crippen LogP) is 1.34. The van der Waals surface area contributed by atoms with Gasteiger partial charge in [0.05, 0.1) is 12.9 Å². The van der Waals surface area contributed by atoms with Gasteiger partial charge < -0.3 is 14.4 Å². The minimum absolute atomic E-state index is 0.0828. The number of carboxylic acid groups (broad SMARTS) is 1. The maximum absolute atomic E-state index is 12.6. The van der Waals surface area contributed by atoms with Crippen LogP contribution in [-0.4, -0.2) is 58.2 Å². The van der Waals surface area contributed by atoms with Gasteiger partial charge in [0.2, 0.25) is 0 Å². The van der Waals surface area contributed by atoms with Crippen LogP contribution in [0.25, 0.3) is 0 Å². The van der Waals surface area contributed by atoms with E-state index in [2.05, 4.69) is 9.97 Å². The van der Waals surface area contributed by atoms with Crippen molar-refractivity contribution in [3.63, 3.8) is 0 Å². The number of ether oxygens (including phenoxy) is 1. The van der Waals surface area contributed by atoms with Gasteiger partial charge in [-0.15, -0.1) is 0 Å². The zero-order valence-corrected chi connectivity index (χ0v) is 16.4. The number of rotatable bonds is 4. The summed E-state index contributed by atoms with van der Waals surface area (Å²) in [5, 5.41) is 7.21. The normalized spacial score (nSPS) is 14.7. The van der Waals surface area contributed by atoms with Crippen LogP contribution in [0.4, 0.5) is 13.2 Å². The van der Waals surface area contributed by atoms with Crippen LogP contribution in [0.1, 0.15) is 16.7 Å². The maximum Gasteiger partial charge on any atom is 0.490 e. The zero-order chi connectivity index (χ0) is 21.8. The van der Waals surface area contributed by atoms with Gasteiger partial charge in [-0.1, -0.05) is 0 Å². The number of sulfonamides is 1. The lowest BCUT2D eigenvalue weighted by atomic mass is 9.99. The Morgan fingerprint density at radius 2 is 2.00 bits per heavy atom. The predicted molar refractivity (Wildman–Crippen MR) is 93.1 cm³/mol. The molecule has 3 rings (SSSR count). The van der Waals surface area contributed by atoms with E-state index in [-0.39, 0.29) is 5.03 Å². The van der Waals surface area contributed by atoms with Crippen molar-refractivity contribution in [3.05, 3.63) is 41.6 Å². The van der Waals surface area contributed by atoms with E-state index in [1.165, 1.54) is 16.8 Å². The van der Waals surface area contributed by atoms with E-state index in [4.69, 9.17) is 14.6 Å². The fourth-order valence-corrected chi connectivity index (χ4v) is 4.07. The van der Waals surface area contributed by atoms with E-state index in [0.717, 1.165) is 16.7 Å². The number of aryl methyl sites for hydroxylation is 1. The van der Waals surface area contributed by atoms with Crippen molar-refractivity contribution < 1.29 is 36.2 Å². The number of nitrogens with zero attached hydrogens (tertiary/aromatic N) is 4. The first-order valence-corrected chi connectivity index (χ1v) is 9.62. The van der Waals surface area contributed by atoms with Crippen LogP contribution >= 0.6 is 0 Å². The lowest BCUT2D eigenvalue weighted by Crippen LogP contribution is -2.36. The summed E-state index contributed by atoms with van der Waals surface area (Å²) in [7, 11) is -0.179. The molecular weight excluding hydrogens is 417 g/mol. The molecule has 29 heavy (non-hydrogen) atoms. The number of hydrogen-bond donors (Lipinski definition) is 1. The van der Waals surface area contributed by atoms with Gasteiger partial charge in [0, 0.05) is 45.8 Å². The Morgan fingerprint density at radius 1 is 1.34 bits per heavy atom. The molecule has 1 aliphatic heterocycles. The van der Waals surface area contributed by atoms with E-state index >= 15 is 0 Å². The van der Waals surface area contributed by atoms with Crippen LogP contribution in [0.3, 0.4) is 0 Å². The molecule has 0 unspecified atom stereocenters. The Kier molecular flexibility index (Phi) is 6.97. The van der Waals surface area contributed by atoms with Crippen molar-refractivity contribution in [2.45, 2.75) is 30.8 Å². The van der Waals surface area contributed by atoms with Crippen molar-refractivity contribution in [1.29, 1.82) is 0 Å². The quantitative estimate of drug-likeness (QED) is 0.769. The Balaban J connectivity index is 0.000000370. The standard InChI is InChI=1S/C14H18N4O3S.C2HF3O2/c1-17-8-14(16-10-17)22(19,20)18-4-3-13-11(7-18)5-15-6-12(13)9-21-2;3-2(4,5)1(6)7/h5-6,8,10H,3-4,7,9H2,1-2H3;(H,6,7). The summed E-state index contributed by atoms with van der Waals surface area (Å²) in [5.74, 6) is -2.76. The second-order valence-corrected chi connectivity index (χ2v) is 8.02. The minimum Gasteiger partial charge on any atom is -0.475 e. The van der Waals surface area contributed by atoms with Gasteiger partial charge in [0.25, 0.3) is 10.0 Å². The molecule has 1 aliphatic rings. The number of aromatic nitrogens is 3. The summed E-state index contributed by atoms with van der Waals surface area (Å²) in [4.78, 5) is 17.0. The summed E-state index contributed by atoms with van der Waals surface area (Å²) < 4.78 is 65.2. The number of pyridine rings is 1. The molecule has 0 radical (unpaired) electrons. The molecule has 0 atom stereocenters. The molecule has 0 bridgehead atoms. The molecule has 9 nitrogen and oxygen atoms in total. The molecule has 0 aromatic carbocycles. The highest BCUT2D eigenvalue weighted by molar-refractivity contribution is 7.89. The Bertz CT molecular complexity index is 975. The SMILES string of the molecule is COCc1cncc2c1CCN(S(=O)(=O)c1cn(C)cn1)C2.O=C(O)C(F)(F)F. The molecule has 160 valence electrons. The number of fused-ring (bicyclic) bond motifs is 1. The topological polar surface area (TPSA) is 115 Å². The van der Waals surface area contributed by atoms with E-state index in [1.54, 1.807) is 31.1 Å². The Labute approximate surface area is 164 Å². The van der Waals surface area contributed by atoms with Crippen molar-refractivity contribution in [3.8, 4) is 0 Å². The van der Waals surface area contributed by atoms with E-state index in [1.807, 2.05) is 0 Å². The van der Waals surface area contributed by atoms with Crippen molar-refractivity contribution in [2.24, 2.45) is 7.05 Å². The van der Waals surface area contributed by atoms with Crippen molar-refractivity contribution >= 4 is 16.0 Å². The third-order valence-electron chi connectivity index (χ3n) is 4.02. The van der Waals surface area contributed by atoms with E-state index in [9.17, 15) is 21.6 Å². The molecule has 0 aliphatic carbocycles. The molecule has 1 N–H and O–H groups in total. The largest absolute Gasteiger partial charge is 0.490 e. The number of hydrogen-bond acceptors (Lipinski definition) is 6. The summed E-state index contributed by atoms with van der Waals surface area (Å²) in [6, 6.07) is 0. The van der Waals surface area contributed by atoms with Gasteiger partial charge in [-0.05, 0) is 23.1 Å². The second kappa shape index (κ2) is 8.88.